The van der Waals surface area contributed by atoms with Crippen LogP contribution in [-0.4, -0.2) is 20.8 Å². The van der Waals surface area contributed by atoms with Crippen molar-refractivity contribution in [2.24, 2.45) is 7.05 Å². The summed E-state index contributed by atoms with van der Waals surface area (Å²) in [6.45, 7) is 1.86. The Bertz CT molecular complexity index is 832. The van der Waals surface area contributed by atoms with Crippen LogP contribution in [0.3, 0.4) is 0 Å². The number of carboxylic acid groups (broad SMARTS) is 1. The molecular formula is C14H11FN2O3. The molecule has 6 heteroatoms. The van der Waals surface area contributed by atoms with Crippen molar-refractivity contribution in [3.63, 3.8) is 0 Å². The Morgan fingerprint density at radius 2 is 2.15 bits per heavy atom. The van der Waals surface area contributed by atoms with E-state index in [-0.39, 0.29) is 11.6 Å². The Labute approximate surface area is 113 Å². The summed E-state index contributed by atoms with van der Waals surface area (Å²) < 4.78 is 20.0. The fourth-order valence-corrected chi connectivity index (χ4v) is 2.35. The number of fused-ring (bicyclic) bond motifs is 1. The zero-order chi connectivity index (χ0) is 14.4. The van der Waals surface area contributed by atoms with Crippen LogP contribution in [0.25, 0.3) is 22.2 Å². The first kappa shape index (κ1) is 12.4. The number of hydrogen-bond donors (Lipinski definition) is 1. The van der Waals surface area contributed by atoms with Gasteiger partial charge in [-0.25, -0.2) is 9.18 Å². The van der Waals surface area contributed by atoms with Gasteiger partial charge in [-0.3, -0.25) is 0 Å². The molecule has 20 heavy (non-hydrogen) atoms. The number of carboxylic acids is 1. The predicted octanol–water partition coefficient (Wildman–Crippen LogP) is 2.98. The minimum Gasteiger partial charge on any atom is -0.475 e. The van der Waals surface area contributed by atoms with Gasteiger partial charge >= 0.3 is 5.97 Å². The maximum atomic E-state index is 13.3. The van der Waals surface area contributed by atoms with Crippen LogP contribution in [0, 0.1) is 12.7 Å². The first-order valence-electron chi connectivity index (χ1n) is 5.94. The molecule has 1 N–H and O–H groups in total. The Morgan fingerprint density at radius 1 is 1.40 bits per heavy atom. The molecule has 0 aliphatic heterocycles. The lowest BCUT2D eigenvalue weighted by Crippen LogP contribution is -1.92. The van der Waals surface area contributed by atoms with Gasteiger partial charge in [0.15, 0.2) is 0 Å². The average molecular weight is 274 g/mol. The highest BCUT2D eigenvalue weighted by atomic mass is 19.1. The van der Waals surface area contributed by atoms with Gasteiger partial charge in [-0.2, -0.15) is 0 Å². The number of carbonyl (C=O) groups is 1. The van der Waals surface area contributed by atoms with Crippen molar-refractivity contribution in [2.45, 2.75) is 6.92 Å². The van der Waals surface area contributed by atoms with Crippen molar-refractivity contribution in [3.05, 3.63) is 41.5 Å². The number of nitrogens with zero attached hydrogens (tertiary/aromatic N) is 2. The molecule has 3 aromatic rings. The van der Waals surface area contributed by atoms with E-state index in [4.69, 9.17) is 9.63 Å². The summed E-state index contributed by atoms with van der Waals surface area (Å²) in [5.74, 6) is -1.72. The third-order valence-corrected chi connectivity index (χ3v) is 3.43. The maximum Gasteiger partial charge on any atom is 0.374 e. The second kappa shape index (κ2) is 4.19. The van der Waals surface area contributed by atoms with Crippen molar-refractivity contribution in [2.75, 3.05) is 0 Å². The van der Waals surface area contributed by atoms with E-state index in [1.807, 2.05) is 18.5 Å². The number of aryl methyl sites for hydroxylation is 1. The SMILES string of the molecule is Cc1c(-c2cc(C(=O)O)on2)c2ccc(F)cc2n1C. The summed E-state index contributed by atoms with van der Waals surface area (Å²) in [5.41, 5.74) is 2.75. The van der Waals surface area contributed by atoms with Crippen LogP contribution in [0.1, 0.15) is 16.2 Å². The molecule has 0 amide bonds. The monoisotopic (exact) mass is 274 g/mol. The second-order valence-corrected chi connectivity index (χ2v) is 4.56. The van der Waals surface area contributed by atoms with Gasteiger partial charge in [0.1, 0.15) is 11.5 Å². The highest BCUT2D eigenvalue weighted by molar-refractivity contribution is 5.98. The fraction of sp³-hybridized carbons (Fsp3) is 0.143. The summed E-state index contributed by atoms with van der Waals surface area (Å²) in [4.78, 5) is 10.9. The van der Waals surface area contributed by atoms with Crippen LogP contribution in [0.5, 0.6) is 0 Å². The van der Waals surface area contributed by atoms with E-state index in [1.165, 1.54) is 18.2 Å². The smallest absolute Gasteiger partial charge is 0.374 e. The lowest BCUT2D eigenvalue weighted by Gasteiger charge is -1.98. The fourth-order valence-electron chi connectivity index (χ4n) is 2.35. The number of rotatable bonds is 2. The third kappa shape index (κ3) is 1.69. The summed E-state index contributed by atoms with van der Waals surface area (Å²) in [6.07, 6.45) is 0. The summed E-state index contributed by atoms with van der Waals surface area (Å²) in [5, 5.41) is 13.5. The van der Waals surface area contributed by atoms with E-state index < -0.39 is 5.97 Å². The van der Waals surface area contributed by atoms with Crippen LogP contribution in [0.15, 0.2) is 28.8 Å². The predicted molar refractivity (Wildman–Crippen MR) is 70.1 cm³/mol. The van der Waals surface area contributed by atoms with E-state index in [0.717, 1.165) is 22.2 Å². The molecule has 0 aliphatic rings. The number of benzene rings is 1. The minimum absolute atomic E-state index is 0.224. The number of halogens is 1. The zero-order valence-electron chi connectivity index (χ0n) is 10.8. The van der Waals surface area contributed by atoms with Gasteiger partial charge in [-0.1, -0.05) is 5.16 Å². The van der Waals surface area contributed by atoms with Crippen molar-refractivity contribution in [1.29, 1.82) is 0 Å². The quantitative estimate of drug-likeness (QED) is 0.780. The Kier molecular flexibility index (Phi) is 2.60. The minimum atomic E-state index is -1.17. The topological polar surface area (TPSA) is 68.3 Å². The van der Waals surface area contributed by atoms with Crippen LogP contribution >= 0.6 is 0 Å². The molecule has 0 atom stereocenters. The Hall–Kier alpha value is -2.63. The van der Waals surface area contributed by atoms with Gasteiger partial charge in [0.2, 0.25) is 5.76 Å². The van der Waals surface area contributed by atoms with Gasteiger partial charge in [0.05, 0.1) is 5.52 Å². The molecule has 1 aromatic carbocycles. The zero-order valence-corrected chi connectivity index (χ0v) is 10.8. The Morgan fingerprint density at radius 3 is 2.80 bits per heavy atom. The van der Waals surface area contributed by atoms with Gasteiger partial charge < -0.3 is 14.2 Å². The number of hydrogen-bond acceptors (Lipinski definition) is 3. The summed E-state index contributed by atoms with van der Waals surface area (Å²) in [7, 11) is 1.82. The van der Waals surface area contributed by atoms with E-state index in [2.05, 4.69) is 5.16 Å². The molecule has 0 spiro atoms. The number of aromatic nitrogens is 2. The summed E-state index contributed by atoms with van der Waals surface area (Å²) >= 11 is 0. The molecule has 0 saturated carbocycles. The molecule has 0 radical (unpaired) electrons. The molecule has 102 valence electrons. The molecule has 2 aromatic heterocycles. The summed E-state index contributed by atoms with van der Waals surface area (Å²) in [6, 6.07) is 5.82. The van der Waals surface area contributed by atoms with Crippen molar-refractivity contribution >= 4 is 16.9 Å². The van der Waals surface area contributed by atoms with Crippen molar-refractivity contribution in [1.82, 2.24) is 9.72 Å². The normalized spacial score (nSPS) is 11.2. The first-order chi connectivity index (χ1) is 9.49. The van der Waals surface area contributed by atoms with E-state index >= 15 is 0 Å². The molecular weight excluding hydrogens is 263 g/mol. The highest BCUT2D eigenvalue weighted by Crippen LogP contribution is 2.33. The first-order valence-corrected chi connectivity index (χ1v) is 5.94. The molecule has 5 nitrogen and oxygen atoms in total. The average Bonchev–Trinajstić information content (AvgIpc) is 2.96. The van der Waals surface area contributed by atoms with Crippen molar-refractivity contribution < 1.29 is 18.8 Å². The molecule has 0 bridgehead atoms. The van der Waals surface area contributed by atoms with Gasteiger partial charge in [-0.15, -0.1) is 0 Å². The standard InChI is InChI=1S/C14H11FN2O3/c1-7-13(10-6-12(14(18)19)20-16-10)9-4-3-8(15)5-11(9)17(7)2/h3-6H,1-2H3,(H,18,19). The molecule has 0 saturated heterocycles. The van der Waals surface area contributed by atoms with Crippen LogP contribution in [-0.2, 0) is 7.05 Å². The second-order valence-electron chi connectivity index (χ2n) is 4.56. The third-order valence-electron chi connectivity index (χ3n) is 3.43. The van der Waals surface area contributed by atoms with E-state index in [0.29, 0.717) is 5.69 Å². The largest absolute Gasteiger partial charge is 0.475 e. The van der Waals surface area contributed by atoms with Crippen LogP contribution in [0.2, 0.25) is 0 Å². The van der Waals surface area contributed by atoms with Gasteiger partial charge in [-0.05, 0) is 25.1 Å². The van der Waals surface area contributed by atoms with E-state index in [1.54, 1.807) is 6.07 Å². The molecule has 0 aliphatic carbocycles. The van der Waals surface area contributed by atoms with E-state index in [9.17, 15) is 9.18 Å². The molecule has 2 heterocycles. The van der Waals surface area contributed by atoms with Crippen LogP contribution in [0.4, 0.5) is 4.39 Å². The van der Waals surface area contributed by atoms with Crippen LogP contribution < -0.4 is 0 Å². The molecule has 3 rings (SSSR count). The Balaban J connectivity index is 2.30. The highest BCUT2D eigenvalue weighted by Gasteiger charge is 2.19. The molecule has 0 unspecified atom stereocenters. The lowest BCUT2D eigenvalue weighted by atomic mass is 10.1. The lowest BCUT2D eigenvalue weighted by molar-refractivity contribution is 0.0652. The van der Waals surface area contributed by atoms with Gasteiger partial charge in [0, 0.05) is 29.8 Å². The number of aromatic carboxylic acids is 1. The van der Waals surface area contributed by atoms with Gasteiger partial charge in [0.25, 0.3) is 0 Å². The molecule has 0 fully saturated rings. The van der Waals surface area contributed by atoms with Crippen molar-refractivity contribution in [3.8, 4) is 11.3 Å². The maximum absolute atomic E-state index is 13.3.